The van der Waals surface area contributed by atoms with Gasteiger partial charge in [-0.05, 0) is 61.9 Å². The molecule has 1 aliphatic heterocycles. The van der Waals surface area contributed by atoms with Gasteiger partial charge in [-0.15, -0.1) is 0 Å². The van der Waals surface area contributed by atoms with Gasteiger partial charge in [0.2, 0.25) is 0 Å². The second-order valence-electron chi connectivity index (χ2n) is 6.19. The van der Waals surface area contributed by atoms with E-state index in [0.717, 1.165) is 36.8 Å². The Morgan fingerprint density at radius 2 is 2.05 bits per heavy atom. The van der Waals surface area contributed by atoms with E-state index >= 15 is 0 Å². The Morgan fingerprint density at radius 3 is 2.90 bits per heavy atom. The Hall–Kier alpha value is -1.09. The van der Waals surface area contributed by atoms with E-state index in [9.17, 15) is 4.39 Å². The van der Waals surface area contributed by atoms with Gasteiger partial charge < -0.3 is 10.2 Å². The van der Waals surface area contributed by atoms with Crippen LogP contribution in [0.5, 0.6) is 0 Å². The van der Waals surface area contributed by atoms with E-state index in [4.69, 9.17) is 0 Å². The molecular weight excluding hydrogens is 251 g/mol. The van der Waals surface area contributed by atoms with Crippen LogP contribution in [0.3, 0.4) is 0 Å². The molecule has 1 aromatic rings. The summed E-state index contributed by atoms with van der Waals surface area (Å²) < 4.78 is 13.9. The summed E-state index contributed by atoms with van der Waals surface area (Å²) in [6, 6.07) is 6.20. The molecule has 0 bridgehead atoms. The fourth-order valence-corrected chi connectivity index (χ4v) is 3.95. The molecule has 1 N–H and O–H groups in total. The van der Waals surface area contributed by atoms with Crippen molar-refractivity contribution >= 4 is 5.69 Å². The van der Waals surface area contributed by atoms with Gasteiger partial charge in [0.1, 0.15) is 5.82 Å². The number of rotatable bonds is 4. The Morgan fingerprint density at radius 1 is 1.20 bits per heavy atom. The van der Waals surface area contributed by atoms with Gasteiger partial charge in [0.05, 0.1) is 0 Å². The number of nitrogens with zero attached hydrogens (tertiary/aromatic N) is 1. The van der Waals surface area contributed by atoms with Gasteiger partial charge in [0.25, 0.3) is 0 Å². The maximum absolute atomic E-state index is 13.9. The number of anilines is 1. The van der Waals surface area contributed by atoms with Crippen LogP contribution < -0.4 is 10.2 Å². The van der Waals surface area contributed by atoms with Crippen LogP contribution in [0.1, 0.15) is 44.6 Å². The number of nitrogens with one attached hydrogen (secondary N) is 1. The van der Waals surface area contributed by atoms with Gasteiger partial charge in [-0.1, -0.05) is 13.3 Å². The van der Waals surface area contributed by atoms with Gasteiger partial charge in [0, 0.05) is 24.8 Å². The molecule has 1 heterocycles. The van der Waals surface area contributed by atoms with E-state index in [0.29, 0.717) is 6.04 Å². The van der Waals surface area contributed by atoms with Gasteiger partial charge in [-0.25, -0.2) is 4.39 Å². The van der Waals surface area contributed by atoms with Crippen molar-refractivity contribution in [3.63, 3.8) is 0 Å². The lowest BCUT2D eigenvalue weighted by Gasteiger charge is -2.39. The van der Waals surface area contributed by atoms with Crippen molar-refractivity contribution in [2.24, 2.45) is 5.92 Å². The highest BCUT2D eigenvalue weighted by Gasteiger charge is 2.35. The number of halogens is 1. The molecule has 0 amide bonds. The highest BCUT2D eigenvalue weighted by Crippen LogP contribution is 2.39. The molecule has 20 heavy (non-hydrogen) atoms. The highest BCUT2D eigenvalue weighted by molar-refractivity contribution is 5.51. The van der Waals surface area contributed by atoms with Crippen LogP contribution in [0.25, 0.3) is 0 Å². The fraction of sp³-hybridized carbons (Fsp3) is 0.647. The molecule has 0 aromatic heterocycles. The second-order valence-corrected chi connectivity index (χ2v) is 6.19. The molecule has 2 atom stereocenters. The zero-order valence-corrected chi connectivity index (χ0v) is 12.4. The van der Waals surface area contributed by atoms with Crippen molar-refractivity contribution < 1.29 is 4.39 Å². The van der Waals surface area contributed by atoms with E-state index in [1.807, 2.05) is 0 Å². The van der Waals surface area contributed by atoms with Crippen LogP contribution in [0.4, 0.5) is 10.1 Å². The summed E-state index contributed by atoms with van der Waals surface area (Å²) in [5, 5.41) is 3.28. The molecule has 0 spiro atoms. The summed E-state index contributed by atoms with van der Waals surface area (Å²) in [6.45, 7) is 4.84. The third-order valence-electron chi connectivity index (χ3n) is 4.85. The maximum Gasteiger partial charge on any atom is 0.125 e. The van der Waals surface area contributed by atoms with Crippen molar-refractivity contribution in [1.29, 1.82) is 0 Å². The maximum atomic E-state index is 13.9. The van der Waals surface area contributed by atoms with Crippen molar-refractivity contribution in [1.82, 2.24) is 5.32 Å². The number of fused-ring (bicyclic) bond motifs is 1. The summed E-state index contributed by atoms with van der Waals surface area (Å²) in [7, 11) is 0. The van der Waals surface area contributed by atoms with Crippen molar-refractivity contribution in [3.05, 3.63) is 29.6 Å². The predicted octanol–water partition coefficient (Wildman–Crippen LogP) is 3.70. The Bertz CT molecular complexity index is 460. The van der Waals surface area contributed by atoms with Gasteiger partial charge in [-0.3, -0.25) is 0 Å². The molecule has 1 saturated carbocycles. The van der Waals surface area contributed by atoms with Crippen LogP contribution in [-0.4, -0.2) is 19.1 Å². The predicted molar refractivity (Wildman–Crippen MR) is 81.5 cm³/mol. The Kier molecular flexibility index (Phi) is 4.25. The Labute approximate surface area is 121 Å². The minimum atomic E-state index is -0.101. The van der Waals surface area contributed by atoms with E-state index in [1.54, 1.807) is 12.1 Å². The Balaban J connectivity index is 1.82. The molecule has 110 valence electrons. The molecule has 2 fully saturated rings. The van der Waals surface area contributed by atoms with Crippen LogP contribution in [-0.2, 0) is 6.54 Å². The molecule has 3 heteroatoms. The molecule has 1 aliphatic carbocycles. The van der Waals surface area contributed by atoms with Crippen molar-refractivity contribution in [2.75, 3.05) is 18.0 Å². The molecule has 0 radical (unpaired) electrons. The molecule has 2 aliphatic rings. The van der Waals surface area contributed by atoms with E-state index in [1.165, 1.54) is 32.1 Å². The fourth-order valence-electron chi connectivity index (χ4n) is 3.95. The molecular formula is C17H25FN2. The van der Waals surface area contributed by atoms with Gasteiger partial charge in [-0.2, -0.15) is 0 Å². The second kappa shape index (κ2) is 6.13. The van der Waals surface area contributed by atoms with Gasteiger partial charge in [0.15, 0.2) is 0 Å². The summed E-state index contributed by atoms with van der Waals surface area (Å²) >= 11 is 0. The summed E-state index contributed by atoms with van der Waals surface area (Å²) in [5.41, 5.74) is 2.15. The van der Waals surface area contributed by atoms with Crippen molar-refractivity contribution in [2.45, 2.75) is 51.6 Å². The first-order valence-corrected chi connectivity index (χ1v) is 8.04. The lowest BCUT2D eigenvalue weighted by molar-refractivity contribution is 0.362. The van der Waals surface area contributed by atoms with E-state index in [2.05, 4.69) is 23.2 Å². The monoisotopic (exact) mass is 276 g/mol. The van der Waals surface area contributed by atoms with Crippen LogP contribution in [0.2, 0.25) is 0 Å². The standard InChI is InChI=1S/C17H25FN2/c1-2-19-12-13-9-15(18)11-16(10-13)20-8-4-6-14-5-3-7-17(14)20/h9-11,14,17,19H,2-8,12H2,1H3. The lowest BCUT2D eigenvalue weighted by atomic mass is 9.91. The van der Waals surface area contributed by atoms with Crippen LogP contribution >= 0.6 is 0 Å². The number of hydrogen-bond donors (Lipinski definition) is 1. The third-order valence-corrected chi connectivity index (χ3v) is 4.85. The topological polar surface area (TPSA) is 15.3 Å². The first-order valence-electron chi connectivity index (χ1n) is 8.04. The molecule has 2 unspecified atom stereocenters. The average molecular weight is 276 g/mol. The number of benzene rings is 1. The lowest BCUT2D eigenvalue weighted by Crippen LogP contribution is -2.42. The van der Waals surface area contributed by atoms with Crippen LogP contribution in [0, 0.1) is 11.7 Å². The van der Waals surface area contributed by atoms with Crippen molar-refractivity contribution in [3.8, 4) is 0 Å². The van der Waals surface area contributed by atoms with E-state index < -0.39 is 0 Å². The number of piperidine rings is 1. The van der Waals surface area contributed by atoms with Gasteiger partial charge >= 0.3 is 0 Å². The third kappa shape index (κ3) is 2.83. The first kappa shape index (κ1) is 13.9. The normalized spacial score (nSPS) is 25.8. The minimum absolute atomic E-state index is 0.101. The molecule has 2 nitrogen and oxygen atoms in total. The minimum Gasteiger partial charge on any atom is -0.368 e. The zero-order valence-electron chi connectivity index (χ0n) is 12.4. The first-order chi connectivity index (χ1) is 9.78. The summed E-state index contributed by atoms with van der Waals surface area (Å²) in [6.07, 6.45) is 6.59. The zero-order chi connectivity index (χ0) is 13.9. The molecule has 1 saturated heterocycles. The van der Waals surface area contributed by atoms with E-state index in [-0.39, 0.29) is 5.82 Å². The number of hydrogen-bond acceptors (Lipinski definition) is 2. The SMILES string of the molecule is CCNCc1cc(F)cc(N2CCCC3CCCC32)c1. The summed E-state index contributed by atoms with van der Waals surface area (Å²) in [4.78, 5) is 2.47. The molecule has 3 rings (SSSR count). The average Bonchev–Trinajstić information content (AvgIpc) is 2.92. The largest absolute Gasteiger partial charge is 0.368 e. The smallest absolute Gasteiger partial charge is 0.125 e. The van der Waals surface area contributed by atoms with Crippen LogP contribution in [0.15, 0.2) is 18.2 Å². The summed E-state index contributed by atoms with van der Waals surface area (Å²) in [5.74, 6) is 0.736. The molecule has 1 aromatic carbocycles. The quantitative estimate of drug-likeness (QED) is 0.902. The highest BCUT2D eigenvalue weighted by atomic mass is 19.1.